The Morgan fingerprint density at radius 1 is 1.06 bits per heavy atom. The Morgan fingerprint density at radius 3 is 2.45 bits per heavy atom. The van der Waals surface area contributed by atoms with Gasteiger partial charge in [-0.1, -0.05) is 13.0 Å². The third-order valence-corrected chi connectivity index (χ3v) is 6.80. The standard InChI is InChI=1S/C23H30N2O5S/c1-5-23(26)25-13-12-18-14-19(9-10-20(18)25)31(27,28)24-16(4)17-8-11-21(29-6-2)22(15-17)30-7-3/h8-11,14-16,24H,5-7,12-13H2,1-4H3/t16-/m1/s1. The molecule has 168 valence electrons. The maximum absolute atomic E-state index is 13.0. The van der Waals surface area contributed by atoms with Crippen LogP contribution in [0.15, 0.2) is 41.3 Å². The molecule has 1 amide bonds. The Balaban J connectivity index is 1.81. The Kier molecular flexibility index (Phi) is 7.23. The van der Waals surface area contributed by atoms with E-state index < -0.39 is 16.1 Å². The molecule has 1 aliphatic heterocycles. The van der Waals surface area contributed by atoms with Crippen molar-refractivity contribution in [1.29, 1.82) is 0 Å². The van der Waals surface area contributed by atoms with Crippen LogP contribution in [0.25, 0.3) is 0 Å². The van der Waals surface area contributed by atoms with Gasteiger partial charge >= 0.3 is 0 Å². The first-order chi connectivity index (χ1) is 14.8. The smallest absolute Gasteiger partial charge is 0.241 e. The zero-order valence-corrected chi connectivity index (χ0v) is 19.3. The van der Waals surface area contributed by atoms with Crippen LogP contribution in [0.1, 0.15) is 51.3 Å². The van der Waals surface area contributed by atoms with E-state index in [0.717, 1.165) is 16.8 Å². The van der Waals surface area contributed by atoms with Gasteiger partial charge in [-0.15, -0.1) is 0 Å². The van der Waals surface area contributed by atoms with E-state index in [2.05, 4.69) is 4.72 Å². The number of nitrogens with one attached hydrogen (secondary N) is 1. The molecular weight excluding hydrogens is 416 g/mol. The number of hydrogen-bond donors (Lipinski definition) is 1. The van der Waals surface area contributed by atoms with Crippen molar-refractivity contribution in [1.82, 2.24) is 4.72 Å². The predicted molar refractivity (Wildman–Crippen MR) is 120 cm³/mol. The van der Waals surface area contributed by atoms with E-state index in [1.807, 2.05) is 26.8 Å². The minimum absolute atomic E-state index is 0.0432. The molecule has 2 aromatic rings. The third kappa shape index (κ3) is 5.02. The summed E-state index contributed by atoms with van der Waals surface area (Å²) >= 11 is 0. The second kappa shape index (κ2) is 9.70. The van der Waals surface area contributed by atoms with Crippen LogP contribution >= 0.6 is 0 Å². The molecule has 0 bridgehead atoms. The number of benzene rings is 2. The number of sulfonamides is 1. The molecule has 1 atom stereocenters. The molecule has 3 rings (SSSR count). The van der Waals surface area contributed by atoms with Crippen molar-refractivity contribution >= 4 is 21.6 Å². The molecule has 0 aromatic heterocycles. The van der Waals surface area contributed by atoms with E-state index in [4.69, 9.17) is 9.47 Å². The van der Waals surface area contributed by atoms with Gasteiger partial charge in [-0.25, -0.2) is 13.1 Å². The lowest BCUT2D eigenvalue weighted by Gasteiger charge is -2.19. The van der Waals surface area contributed by atoms with Gasteiger partial charge in [0.05, 0.1) is 18.1 Å². The highest BCUT2D eigenvalue weighted by molar-refractivity contribution is 7.89. The Morgan fingerprint density at radius 2 is 1.77 bits per heavy atom. The highest BCUT2D eigenvalue weighted by atomic mass is 32.2. The van der Waals surface area contributed by atoms with Crippen molar-refractivity contribution in [2.24, 2.45) is 0 Å². The van der Waals surface area contributed by atoms with Gasteiger partial charge in [0.15, 0.2) is 11.5 Å². The monoisotopic (exact) mass is 446 g/mol. The van der Waals surface area contributed by atoms with Crippen LogP contribution in [0.4, 0.5) is 5.69 Å². The number of amides is 1. The van der Waals surface area contributed by atoms with Gasteiger partial charge in [0.1, 0.15) is 0 Å². The van der Waals surface area contributed by atoms with Gasteiger partial charge in [-0.2, -0.15) is 0 Å². The molecule has 1 heterocycles. The fraction of sp³-hybridized carbons (Fsp3) is 0.435. The second-order valence-electron chi connectivity index (χ2n) is 7.35. The lowest BCUT2D eigenvalue weighted by atomic mass is 10.1. The summed E-state index contributed by atoms with van der Waals surface area (Å²) in [5, 5.41) is 0. The van der Waals surface area contributed by atoms with E-state index >= 15 is 0 Å². The maximum atomic E-state index is 13.0. The molecule has 1 aliphatic rings. The number of anilines is 1. The fourth-order valence-corrected chi connectivity index (χ4v) is 4.98. The van der Waals surface area contributed by atoms with Crippen LogP contribution in [-0.4, -0.2) is 34.1 Å². The average Bonchev–Trinajstić information content (AvgIpc) is 3.17. The Labute approximate surface area is 184 Å². The zero-order chi connectivity index (χ0) is 22.6. The topological polar surface area (TPSA) is 84.9 Å². The lowest BCUT2D eigenvalue weighted by Crippen LogP contribution is -2.28. The molecule has 1 N–H and O–H groups in total. The van der Waals surface area contributed by atoms with Crippen LogP contribution in [-0.2, 0) is 21.2 Å². The summed E-state index contributed by atoms with van der Waals surface area (Å²) in [6, 6.07) is 9.90. The first-order valence-corrected chi connectivity index (χ1v) is 12.1. The minimum atomic E-state index is -3.74. The van der Waals surface area contributed by atoms with E-state index in [1.165, 1.54) is 0 Å². The van der Waals surface area contributed by atoms with Crippen molar-refractivity contribution in [3.05, 3.63) is 47.5 Å². The molecule has 2 aromatic carbocycles. The number of carbonyl (C=O) groups is 1. The summed E-state index contributed by atoms with van der Waals surface area (Å²) in [5.41, 5.74) is 2.44. The van der Waals surface area contributed by atoms with Crippen molar-refractivity contribution in [3.63, 3.8) is 0 Å². The van der Waals surface area contributed by atoms with E-state index in [9.17, 15) is 13.2 Å². The fourth-order valence-electron chi connectivity index (χ4n) is 3.70. The van der Waals surface area contributed by atoms with E-state index in [1.54, 1.807) is 42.2 Å². The number of rotatable bonds is 9. The maximum Gasteiger partial charge on any atom is 0.241 e. The summed E-state index contributed by atoms with van der Waals surface area (Å²) in [5.74, 6) is 1.26. The summed E-state index contributed by atoms with van der Waals surface area (Å²) in [6.45, 7) is 8.98. The highest BCUT2D eigenvalue weighted by Gasteiger charge is 2.26. The van der Waals surface area contributed by atoms with Gasteiger partial charge in [-0.3, -0.25) is 4.79 Å². The molecule has 8 heteroatoms. The van der Waals surface area contributed by atoms with E-state index in [0.29, 0.717) is 44.1 Å². The number of carbonyl (C=O) groups excluding carboxylic acids is 1. The second-order valence-corrected chi connectivity index (χ2v) is 9.07. The van der Waals surface area contributed by atoms with Crippen LogP contribution in [0, 0.1) is 0 Å². The molecule has 0 radical (unpaired) electrons. The summed E-state index contributed by atoms with van der Waals surface area (Å²) < 4.78 is 40.0. The number of ether oxygens (including phenoxy) is 2. The first kappa shape index (κ1) is 23.1. The Bertz CT molecular complexity index is 1050. The Hall–Kier alpha value is -2.58. The van der Waals surface area contributed by atoms with Crippen molar-refractivity contribution in [3.8, 4) is 11.5 Å². The summed E-state index contributed by atoms with van der Waals surface area (Å²) in [4.78, 5) is 14.0. The van der Waals surface area contributed by atoms with Crippen LogP contribution < -0.4 is 19.1 Å². The molecule has 31 heavy (non-hydrogen) atoms. The molecular formula is C23H30N2O5S. The van der Waals surface area contributed by atoms with Gasteiger partial charge in [0, 0.05) is 24.7 Å². The van der Waals surface area contributed by atoms with Gasteiger partial charge in [-0.05, 0) is 68.7 Å². The quantitative estimate of drug-likeness (QED) is 0.633. The summed E-state index contributed by atoms with van der Waals surface area (Å²) in [7, 11) is -3.74. The van der Waals surface area contributed by atoms with Crippen molar-refractivity contribution in [2.45, 2.75) is 51.5 Å². The van der Waals surface area contributed by atoms with Crippen molar-refractivity contribution in [2.75, 3.05) is 24.7 Å². The molecule has 0 saturated carbocycles. The van der Waals surface area contributed by atoms with Crippen LogP contribution in [0.2, 0.25) is 0 Å². The van der Waals surface area contributed by atoms with Gasteiger partial charge in [0.2, 0.25) is 15.9 Å². The third-order valence-electron chi connectivity index (χ3n) is 5.26. The SMILES string of the molecule is CCOc1ccc([C@@H](C)NS(=O)(=O)c2ccc3c(c2)CCN3C(=O)CC)cc1OCC. The molecule has 7 nitrogen and oxygen atoms in total. The molecule has 0 fully saturated rings. The van der Waals surface area contributed by atoms with Crippen molar-refractivity contribution < 1.29 is 22.7 Å². The number of nitrogens with zero attached hydrogens (tertiary/aromatic N) is 1. The normalized spacial score (nSPS) is 14.3. The van der Waals surface area contributed by atoms with Gasteiger partial charge in [0.25, 0.3) is 0 Å². The highest BCUT2D eigenvalue weighted by Crippen LogP contribution is 2.33. The summed E-state index contributed by atoms with van der Waals surface area (Å²) in [6.07, 6.45) is 1.07. The molecule has 0 aliphatic carbocycles. The molecule has 0 saturated heterocycles. The zero-order valence-electron chi connectivity index (χ0n) is 18.5. The van der Waals surface area contributed by atoms with Crippen LogP contribution in [0.5, 0.6) is 11.5 Å². The lowest BCUT2D eigenvalue weighted by molar-refractivity contribution is -0.118. The molecule has 0 spiro atoms. The first-order valence-electron chi connectivity index (χ1n) is 10.7. The largest absolute Gasteiger partial charge is 0.490 e. The average molecular weight is 447 g/mol. The minimum Gasteiger partial charge on any atom is -0.490 e. The number of fused-ring (bicyclic) bond motifs is 1. The molecule has 0 unspecified atom stereocenters. The van der Waals surface area contributed by atoms with Crippen LogP contribution in [0.3, 0.4) is 0 Å². The predicted octanol–water partition coefficient (Wildman–Crippen LogP) is 3.82. The van der Waals surface area contributed by atoms with Gasteiger partial charge < -0.3 is 14.4 Å². The number of hydrogen-bond acceptors (Lipinski definition) is 5. The van der Waals surface area contributed by atoms with E-state index in [-0.39, 0.29) is 10.8 Å².